The molecule has 114 valence electrons. The van der Waals surface area contributed by atoms with Gasteiger partial charge in [-0.05, 0) is 30.5 Å². The Morgan fingerprint density at radius 1 is 1.23 bits per heavy atom. The molecule has 1 heterocycles. The number of rotatable bonds is 3. The van der Waals surface area contributed by atoms with Crippen molar-refractivity contribution >= 4 is 21.7 Å². The van der Waals surface area contributed by atoms with Crippen LogP contribution < -0.4 is 5.73 Å². The van der Waals surface area contributed by atoms with Crippen molar-refractivity contribution in [3.05, 3.63) is 45.6 Å². The summed E-state index contributed by atoms with van der Waals surface area (Å²) in [6, 6.07) is 10.3. The molecule has 22 heavy (non-hydrogen) atoms. The molecule has 1 saturated carbocycles. The van der Waals surface area contributed by atoms with Crippen LogP contribution in [0.1, 0.15) is 54.8 Å². The van der Waals surface area contributed by atoms with E-state index in [1.807, 2.05) is 24.3 Å². The predicted octanol–water partition coefficient (Wildman–Crippen LogP) is 4.20. The van der Waals surface area contributed by atoms with Gasteiger partial charge >= 0.3 is 0 Å². The van der Waals surface area contributed by atoms with E-state index in [0.29, 0.717) is 23.8 Å². The molecule has 0 spiro atoms. The largest absolute Gasteiger partial charge is 0.383 e. The molecule has 5 heteroatoms. The van der Waals surface area contributed by atoms with Gasteiger partial charge in [0.25, 0.3) is 0 Å². The molecule has 2 N–H and O–H groups in total. The number of hydrogen-bond acceptors (Lipinski definition) is 3. The smallest absolute Gasteiger partial charge is 0.140 e. The predicted molar refractivity (Wildman–Crippen MR) is 90.4 cm³/mol. The zero-order chi connectivity index (χ0) is 15.5. The SMILES string of the molecule is N#Cc1c(C2CCCCC2)nn(Cc2ccc(Br)cc2)c1N. The number of anilines is 1. The van der Waals surface area contributed by atoms with E-state index < -0.39 is 0 Å². The van der Waals surface area contributed by atoms with Gasteiger partial charge in [-0.15, -0.1) is 0 Å². The second kappa shape index (κ2) is 6.53. The third kappa shape index (κ3) is 3.02. The van der Waals surface area contributed by atoms with E-state index in [1.54, 1.807) is 4.68 Å². The minimum absolute atomic E-state index is 0.386. The van der Waals surface area contributed by atoms with Crippen LogP contribution in [-0.2, 0) is 6.54 Å². The van der Waals surface area contributed by atoms with Crippen LogP contribution in [0.3, 0.4) is 0 Å². The lowest BCUT2D eigenvalue weighted by Gasteiger charge is -2.19. The van der Waals surface area contributed by atoms with Gasteiger partial charge in [0.1, 0.15) is 17.5 Å². The average molecular weight is 359 g/mol. The summed E-state index contributed by atoms with van der Waals surface area (Å²) in [5.74, 6) is 0.878. The average Bonchev–Trinajstić information content (AvgIpc) is 2.86. The van der Waals surface area contributed by atoms with E-state index in [9.17, 15) is 5.26 Å². The fraction of sp³-hybridized carbons (Fsp3) is 0.412. The molecular formula is C17H19BrN4. The Bertz CT molecular complexity index is 691. The van der Waals surface area contributed by atoms with Crippen molar-refractivity contribution in [3.8, 4) is 6.07 Å². The molecule has 1 fully saturated rings. The topological polar surface area (TPSA) is 67.6 Å². The lowest BCUT2D eigenvalue weighted by atomic mass is 9.85. The second-order valence-corrected chi connectivity index (χ2v) is 6.79. The summed E-state index contributed by atoms with van der Waals surface area (Å²) in [7, 11) is 0. The highest BCUT2D eigenvalue weighted by Gasteiger charge is 2.24. The first-order valence-corrected chi connectivity index (χ1v) is 8.49. The Kier molecular flexibility index (Phi) is 4.49. The van der Waals surface area contributed by atoms with Crippen LogP contribution in [0.15, 0.2) is 28.7 Å². The van der Waals surface area contributed by atoms with Crippen LogP contribution in [0.2, 0.25) is 0 Å². The maximum absolute atomic E-state index is 9.46. The third-order valence-corrected chi connectivity index (χ3v) is 4.90. The van der Waals surface area contributed by atoms with Gasteiger partial charge in [-0.1, -0.05) is 47.3 Å². The van der Waals surface area contributed by atoms with Gasteiger partial charge in [0, 0.05) is 10.4 Å². The minimum Gasteiger partial charge on any atom is -0.383 e. The first kappa shape index (κ1) is 15.1. The molecule has 0 bridgehead atoms. The number of nitriles is 1. The molecule has 2 aromatic rings. The van der Waals surface area contributed by atoms with Crippen LogP contribution in [0.25, 0.3) is 0 Å². The minimum atomic E-state index is 0.386. The number of hydrogen-bond donors (Lipinski definition) is 1. The quantitative estimate of drug-likeness (QED) is 0.893. The fourth-order valence-electron chi connectivity index (χ4n) is 3.15. The number of nitrogens with two attached hydrogens (primary N) is 1. The van der Waals surface area contributed by atoms with Crippen LogP contribution in [0.5, 0.6) is 0 Å². The molecule has 1 aromatic heterocycles. The van der Waals surface area contributed by atoms with Crippen LogP contribution in [-0.4, -0.2) is 9.78 Å². The van der Waals surface area contributed by atoms with Crippen LogP contribution in [0, 0.1) is 11.3 Å². The maximum Gasteiger partial charge on any atom is 0.140 e. The van der Waals surface area contributed by atoms with Gasteiger partial charge in [-0.25, -0.2) is 4.68 Å². The molecule has 0 unspecified atom stereocenters. The summed E-state index contributed by atoms with van der Waals surface area (Å²) < 4.78 is 2.82. The van der Waals surface area contributed by atoms with Gasteiger partial charge in [-0.3, -0.25) is 0 Å². The zero-order valence-electron chi connectivity index (χ0n) is 12.4. The van der Waals surface area contributed by atoms with Crippen molar-refractivity contribution in [2.24, 2.45) is 0 Å². The van der Waals surface area contributed by atoms with Gasteiger partial charge in [-0.2, -0.15) is 10.4 Å². The van der Waals surface area contributed by atoms with Gasteiger partial charge in [0.15, 0.2) is 0 Å². The number of benzene rings is 1. The Balaban J connectivity index is 1.90. The van der Waals surface area contributed by atoms with E-state index in [1.165, 1.54) is 19.3 Å². The van der Waals surface area contributed by atoms with Crippen molar-refractivity contribution < 1.29 is 0 Å². The molecule has 0 radical (unpaired) electrons. The van der Waals surface area contributed by atoms with E-state index >= 15 is 0 Å². The van der Waals surface area contributed by atoms with E-state index in [4.69, 9.17) is 5.73 Å². The maximum atomic E-state index is 9.46. The molecule has 0 aliphatic heterocycles. The molecule has 3 rings (SSSR count). The summed E-state index contributed by atoms with van der Waals surface area (Å²) in [6.45, 7) is 0.598. The third-order valence-electron chi connectivity index (χ3n) is 4.37. The molecule has 1 aliphatic rings. The fourth-order valence-corrected chi connectivity index (χ4v) is 3.42. The van der Waals surface area contributed by atoms with Crippen molar-refractivity contribution in [1.29, 1.82) is 5.26 Å². The summed E-state index contributed by atoms with van der Waals surface area (Å²) in [5, 5.41) is 14.1. The summed E-state index contributed by atoms with van der Waals surface area (Å²) >= 11 is 3.43. The summed E-state index contributed by atoms with van der Waals surface area (Å²) in [4.78, 5) is 0. The van der Waals surface area contributed by atoms with Gasteiger partial charge in [0.2, 0.25) is 0 Å². The number of nitrogen functional groups attached to an aromatic ring is 1. The molecule has 0 atom stereocenters. The monoisotopic (exact) mass is 358 g/mol. The number of aromatic nitrogens is 2. The van der Waals surface area contributed by atoms with E-state index in [2.05, 4.69) is 27.1 Å². The highest BCUT2D eigenvalue weighted by Crippen LogP contribution is 2.35. The normalized spacial score (nSPS) is 15.6. The molecule has 1 aliphatic carbocycles. The molecule has 1 aromatic carbocycles. The van der Waals surface area contributed by atoms with Gasteiger partial charge in [0.05, 0.1) is 12.2 Å². The Labute approximate surface area is 139 Å². The second-order valence-electron chi connectivity index (χ2n) is 5.88. The van der Waals surface area contributed by atoms with Crippen molar-refractivity contribution in [1.82, 2.24) is 9.78 Å². The summed E-state index contributed by atoms with van der Waals surface area (Å²) in [6.07, 6.45) is 5.95. The standard InChI is InChI=1S/C17H19BrN4/c18-14-8-6-12(7-9-14)11-22-17(20)15(10-19)16(21-22)13-4-2-1-3-5-13/h6-9,13H,1-5,11,20H2. The van der Waals surface area contributed by atoms with Crippen molar-refractivity contribution in [2.75, 3.05) is 5.73 Å². The highest BCUT2D eigenvalue weighted by atomic mass is 79.9. The lowest BCUT2D eigenvalue weighted by Crippen LogP contribution is -2.08. The van der Waals surface area contributed by atoms with Crippen molar-refractivity contribution in [3.63, 3.8) is 0 Å². The Morgan fingerprint density at radius 3 is 2.55 bits per heavy atom. The van der Waals surface area contributed by atoms with Crippen LogP contribution >= 0.6 is 15.9 Å². The van der Waals surface area contributed by atoms with Gasteiger partial charge < -0.3 is 5.73 Å². The number of nitrogens with zero attached hydrogens (tertiary/aromatic N) is 3. The first-order valence-electron chi connectivity index (χ1n) is 7.69. The zero-order valence-corrected chi connectivity index (χ0v) is 14.0. The number of halogens is 1. The lowest BCUT2D eigenvalue weighted by molar-refractivity contribution is 0.432. The summed E-state index contributed by atoms with van der Waals surface area (Å²) in [5.41, 5.74) is 8.76. The van der Waals surface area contributed by atoms with Crippen molar-refractivity contribution in [2.45, 2.75) is 44.6 Å². The molecular weight excluding hydrogens is 340 g/mol. The highest BCUT2D eigenvalue weighted by molar-refractivity contribution is 9.10. The molecule has 4 nitrogen and oxygen atoms in total. The van der Waals surface area contributed by atoms with Crippen LogP contribution in [0.4, 0.5) is 5.82 Å². The molecule has 0 saturated heterocycles. The first-order chi connectivity index (χ1) is 10.7. The van der Waals surface area contributed by atoms with E-state index in [-0.39, 0.29) is 0 Å². The van der Waals surface area contributed by atoms with E-state index in [0.717, 1.165) is 28.6 Å². The Morgan fingerprint density at radius 2 is 1.91 bits per heavy atom. The molecule has 0 amide bonds. The Hall–Kier alpha value is -1.80.